The summed E-state index contributed by atoms with van der Waals surface area (Å²) in [6.07, 6.45) is 10.1. The van der Waals surface area contributed by atoms with Gasteiger partial charge in [-0.05, 0) is 75.3 Å². The highest BCUT2D eigenvalue weighted by atomic mass is 15.3. The van der Waals surface area contributed by atoms with Crippen LogP contribution in [0.25, 0.3) is 0 Å². The lowest BCUT2D eigenvalue weighted by atomic mass is 9.78. The van der Waals surface area contributed by atoms with Crippen LogP contribution >= 0.6 is 0 Å². The smallest absolute Gasteiger partial charge is 0.0630 e. The van der Waals surface area contributed by atoms with Crippen LogP contribution < -0.4 is 5.32 Å². The predicted molar refractivity (Wildman–Crippen MR) is 87.4 cm³/mol. The highest BCUT2D eigenvalue weighted by Gasteiger charge is 2.53. The summed E-state index contributed by atoms with van der Waals surface area (Å²) in [5.74, 6) is 2.06. The van der Waals surface area contributed by atoms with Gasteiger partial charge in [0.25, 0.3) is 0 Å². The van der Waals surface area contributed by atoms with Crippen LogP contribution in [0, 0.1) is 17.3 Å². The van der Waals surface area contributed by atoms with Gasteiger partial charge in [0.15, 0.2) is 0 Å². The Balaban J connectivity index is 1.65. The second kappa shape index (κ2) is 6.12. The van der Waals surface area contributed by atoms with Gasteiger partial charge in [-0.3, -0.25) is 4.68 Å². The first-order valence-electron chi connectivity index (χ1n) is 8.90. The molecule has 3 nitrogen and oxygen atoms in total. The molecule has 2 fully saturated rings. The second-order valence-corrected chi connectivity index (χ2v) is 7.56. The molecule has 21 heavy (non-hydrogen) atoms. The Kier molecular flexibility index (Phi) is 4.39. The monoisotopic (exact) mass is 289 g/mol. The third kappa shape index (κ3) is 3.33. The van der Waals surface area contributed by atoms with Gasteiger partial charge in [-0.2, -0.15) is 5.10 Å². The second-order valence-electron chi connectivity index (χ2n) is 7.56. The van der Waals surface area contributed by atoms with Crippen LogP contribution in [0.2, 0.25) is 0 Å². The Morgan fingerprint density at radius 2 is 2.14 bits per heavy atom. The van der Waals surface area contributed by atoms with Crippen molar-refractivity contribution in [1.29, 1.82) is 0 Å². The lowest BCUT2D eigenvalue weighted by molar-refractivity contribution is 0.245. The molecule has 2 saturated carbocycles. The molecule has 0 spiro atoms. The Labute approximate surface area is 129 Å². The van der Waals surface area contributed by atoms with E-state index in [1.54, 1.807) is 0 Å². The molecule has 0 aromatic carbocycles. The van der Waals surface area contributed by atoms with Crippen LogP contribution in [-0.2, 0) is 6.42 Å². The van der Waals surface area contributed by atoms with Gasteiger partial charge in [0.2, 0.25) is 0 Å². The molecule has 3 atom stereocenters. The van der Waals surface area contributed by atoms with E-state index >= 15 is 0 Å². The summed E-state index contributed by atoms with van der Waals surface area (Å²) in [5.41, 5.74) is 1.78. The van der Waals surface area contributed by atoms with E-state index in [2.05, 4.69) is 43.0 Å². The first kappa shape index (κ1) is 15.1. The van der Waals surface area contributed by atoms with Crippen molar-refractivity contribution in [2.75, 3.05) is 13.1 Å². The molecule has 1 N–H and O–H groups in total. The zero-order chi connectivity index (χ0) is 14.9. The van der Waals surface area contributed by atoms with Crippen LogP contribution in [0.5, 0.6) is 0 Å². The molecule has 3 heteroatoms. The van der Waals surface area contributed by atoms with Gasteiger partial charge in [-0.1, -0.05) is 13.8 Å². The third-order valence-electron chi connectivity index (χ3n) is 5.65. The Morgan fingerprint density at radius 1 is 1.38 bits per heavy atom. The normalized spacial score (nSPS) is 32.1. The molecule has 1 aromatic heterocycles. The number of nitrogens with one attached hydrogen (secondary N) is 1. The van der Waals surface area contributed by atoms with Gasteiger partial charge in [0.05, 0.1) is 5.69 Å². The summed E-state index contributed by atoms with van der Waals surface area (Å²) < 4.78 is 2.15. The van der Waals surface area contributed by atoms with Crippen LogP contribution in [-0.4, -0.2) is 22.9 Å². The first-order chi connectivity index (χ1) is 10.2. The molecule has 2 aliphatic rings. The van der Waals surface area contributed by atoms with E-state index in [-0.39, 0.29) is 0 Å². The van der Waals surface area contributed by atoms with Gasteiger partial charge in [-0.25, -0.2) is 0 Å². The highest BCUT2D eigenvalue weighted by Crippen LogP contribution is 2.60. The summed E-state index contributed by atoms with van der Waals surface area (Å²) in [6.45, 7) is 9.06. The molecule has 3 unspecified atom stereocenters. The van der Waals surface area contributed by atoms with Gasteiger partial charge < -0.3 is 5.32 Å². The maximum absolute atomic E-state index is 4.85. The van der Waals surface area contributed by atoms with Gasteiger partial charge in [0.1, 0.15) is 0 Å². The van der Waals surface area contributed by atoms with E-state index in [1.165, 1.54) is 44.3 Å². The number of hydrogen-bond acceptors (Lipinski definition) is 2. The van der Waals surface area contributed by atoms with Crippen LogP contribution in [0.4, 0.5) is 0 Å². The number of fused-ring (bicyclic) bond motifs is 1. The van der Waals surface area contributed by atoms with Gasteiger partial charge in [-0.15, -0.1) is 0 Å². The van der Waals surface area contributed by atoms with Crippen LogP contribution in [0.3, 0.4) is 0 Å². The topological polar surface area (TPSA) is 29.9 Å². The van der Waals surface area contributed by atoms with Crippen molar-refractivity contribution in [3.05, 3.63) is 18.0 Å². The van der Waals surface area contributed by atoms with E-state index in [0.717, 1.165) is 24.8 Å². The summed E-state index contributed by atoms with van der Waals surface area (Å²) in [7, 11) is 0. The molecule has 0 saturated heterocycles. The van der Waals surface area contributed by atoms with Crippen LogP contribution in [0.15, 0.2) is 12.3 Å². The fourth-order valence-electron chi connectivity index (χ4n) is 4.18. The molecular weight excluding hydrogens is 258 g/mol. The molecule has 2 aliphatic carbocycles. The minimum atomic E-state index is 0.484. The molecule has 0 aliphatic heterocycles. The van der Waals surface area contributed by atoms with Crippen molar-refractivity contribution >= 4 is 0 Å². The zero-order valence-corrected chi connectivity index (χ0v) is 13.9. The molecule has 0 bridgehead atoms. The highest BCUT2D eigenvalue weighted by molar-refractivity contribution is 5.11. The van der Waals surface area contributed by atoms with Gasteiger partial charge >= 0.3 is 0 Å². The molecule has 0 amide bonds. The third-order valence-corrected chi connectivity index (χ3v) is 5.65. The SMILES string of the molecule is CCCNCC1(Cc2ccn(C(C)CC)n2)CC2CC2C1. The maximum Gasteiger partial charge on any atom is 0.0630 e. The fourth-order valence-corrected chi connectivity index (χ4v) is 4.18. The molecule has 0 radical (unpaired) electrons. The summed E-state index contributed by atoms with van der Waals surface area (Å²) in [6, 6.07) is 2.77. The van der Waals surface area contributed by atoms with E-state index in [0.29, 0.717) is 11.5 Å². The Bertz CT molecular complexity index is 455. The Hall–Kier alpha value is -0.830. The molecule has 118 valence electrons. The van der Waals surface area contributed by atoms with E-state index in [1.807, 2.05) is 0 Å². The Morgan fingerprint density at radius 3 is 2.81 bits per heavy atom. The van der Waals surface area contributed by atoms with Crippen LogP contribution in [0.1, 0.15) is 64.6 Å². The quantitative estimate of drug-likeness (QED) is 0.737. The lowest BCUT2D eigenvalue weighted by Crippen LogP contribution is -2.35. The van der Waals surface area contributed by atoms with E-state index in [4.69, 9.17) is 5.10 Å². The molecular formula is C18H31N3. The lowest BCUT2D eigenvalue weighted by Gasteiger charge is -2.30. The van der Waals surface area contributed by atoms with Gasteiger partial charge in [0, 0.05) is 18.8 Å². The molecule has 1 heterocycles. The minimum absolute atomic E-state index is 0.484. The minimum Gasteiger partial charge on any atom is -0.316 e. The predicted octanol–water partition coefficient (Wildman–Crippen LogP) is 3.81. The van der Waals surface area contributed by atoms with Crippen molar-refractivity contribution in [2.45, 2.75) is 65.3 Å². The summed E-state index contributed by atoms with van der Waals surface area (Å²) >= 11 is 0. The molecule has 3 rings (SSSR count). The van der Waals surface area contributed by atoms with Crippen molar-refractivity contribution in [3.8, 4) is 0 Å². The first-order valence-corrected chi connectivity index (χ1v) is 8.90. The van der Waals surface area contributed by atoms with Crippen molar-refractivity contribution in [2.24, 2.45) is 17.3 Å². The van der Waals surface area contributed by atoms with E-state index < -0.39 is 0 Å². The average Bonchev–Trinajstić information content (AvgIpc) is 2.89. The number of rotatable bonds is 8. The largest absolute Gasteiger partial charge is 0.316 e. The van der Waals surface area contributed by atoms with Crippen molar-refractivity contribution in [3.63, 3.8) is 0 Å². The molecule has 1 aromatic rings. The van der Waals surface area contributed by atoms with E-state index in [9.17, 15) is 0 Å². The van der Waals surface area contributed by atoms with Crippen molar-refractivity contribution in [1.82, 2.24) is 15.1 Å². The standard InChI is InChI=1S/C18H31N3/c1-4-7-19-13-18(10-15-9-16(15)11-18)12-17-6-8-21(20-17)14(3)5-2/h6,8,14-16,19H,4-5,7,9-13H2,1-3H3. The number of hydrogen-bond donors (Lipinski definition) is 1. The van der Waals surface area contributed by atoms with Crippen molar-refractivity contribution < 1.29 is 0 Å². The average molecular weight is 289 g/mol. The summed E-state index contributed by atoms with van der Waals surface area (Å²) in [5, 5.41) is 8.53. The summed E-state index contributed by atoms with van der Waals surface area (Å²) in [4.78, 5) is 0. The zero-order valence-electron chi connectivity index (χ0n) is 13.9. The number of aromatic nitrogens is 2. The number of nitrogens with zero attached hydrogens (tertiary/aromatic N) is 2. The fraction of sp³-hybridized carbons (Fsp3) is 0.833. The maximum atomic E-state index is 4.85.